The third-order valence-electron chi connectivity index (χ3n) is 5.10. The lowest BCUT2D eigenvalue weighted by Crippen LogP contribution is -2.17. The van der Waals surface area contributed by atoms with Gasteiger partial charge in [0.25, 0.3) is 0 Å². The Morgan fingerprint density at radius 3 is 2.68 bits per heavy atom. The van der Waals surface area contributed by atoms with Crippen molar-refractivity contribution in [3.8, 4) is 0 Å². The molecule has 28 heavy (non-hydrogen) atoms. The van der Waals surface area contributed by atoms with Crippen molar-refractivity contribution >= 4 is 38.6 Å². The number of ketones is 1. The summed E-state index contributed by atoms with van der Waals surface area (Å²) < 4.78 is 6.28. The van der Waals surface area contributed by atoms with Crippen LogP contribution in [-0.4, -0.2) is 23.3 Å². The Morgan fingerprint density at radius 2 is 1.82 bits per heavy atom. The maximum atomic E-state index is 13.0. The summed E-state index contributed by atoms with van der Waals surface area (Å²) in [4.78, 5) is 30.3. The zero-order chi connectivity index (χ0) is 19.5. The molecule has 0 fully saturated rings. The van der Waals surface area contributed by atoms with Gasteiger partial charge < -0.3 is 4.74 Å². The summed E-state index contributed by atoms with van der Waals surface area (Å²) in [6, 6.07) is 14.7. The van der Waals surface area contributed by atoms with Crippen LogP contribution in [0.3, 0.4) is 0 Å². The topological polar surface area (TPSA) is 56.3 Å². The van der Waals surface area contributed by atoms with E-state index in [0.717, 1.165) is 58.7 Å². The van der Waals surface area contributed by atoms with Gasteiger partial charge in [0.05, 0.1) is 11.1 Å². The Morgan fingerprint density at radius 1 is 1.00 bits per heavy atom. The van der Waals surface area contributed by atoms with Crippen molar-refractivity contribution in [1.29, 1.82) is 0 Å². The molecule has 0 unspecified atom stereocenters. The molecule has 1 aliphatic carbocycles. The first kappa shape index (κ1) is 18.8. The van der Waals surface area contributed by atoms with Gasteiger partial charge in [-0.25, -0.2) is 4.79 Å². The molecule has 1 aliphatic rings. The van der Waals surface area contributed by atoms with Crippen molar-refractivity contribution < 1.29 is 14.3 Å². The van der Waals surface area contributed by atoms with Crippen LogP contribution in [0.2, 0.25) is 0 Å². The number of nitrogens with zero attached hydrogens (tertiary/aromatic N) is 1. The van der Waals surface area contributed by atoms with Gasteiger partial charge in [-0.3, -0.25) is 9.78 Å². The number of ether oxygens (including phenoxy) is 1. The number of rotatable bonds is 4. The van der Waals surface area contributed by atoms with Crippen LogP contribution in [-0.2, 0) is 17.6 Å². The molecule has 3 aromatic rings. The van der Waals surface area contributed by atoms with Gasteiger partial charge in [-0.1, -0.05) is 52.7 Å². The monoisotopic (exact) mass is 437 g/mol. The van der Waals surface area contributed by atoms with E-state index in [9.17, 15) is 9.59 Å². The largest absolute Gasteiger partial charge is 0.454 e. The number of pyridine rings is 1. The standard InChI is InChI=1S/C23H20BrNO3/c24-16-8-6-7-15(13-16)21(26)14-28-23(27)22-17-9-2-1-3-11-19(17)25-20-12-5-4-10-18(20)22/h4-8,10,12-13H,1-3,9,11,14H2. The molecule has 2 aromatic carbocycles. The lowest BCUT2D eigenvalue weighted by Gasteiger charge is -2.14. The average Bonchev–Trinajstić information content (AvgIpc) is 2.95. The first-order valence-corrected chi connectivity index (χ1v) is 10.3. The summed E-state index contributed by atoms with van der Waals surface area (Å²) >= 11 is 3.36. The van der Waals surface area contributed by atoms with E-state index >= 15 is 0 Å². The minimum atomic E-state index is -0.444. The normalized spacial score (nSPS) is 13.6. The molecule has 5 heteroatoms. The van der Waals surface area contributed by atoms with E-state index in [4.69, 9.17) is 9.72 Å². The van der Waals surface area contributed by atoms with Gasteiger partial charge in [-0.15, -0.1) is 0 Å². The highest BCUT2D eigenvalue weighted by atomic mass is 79.9. The van der Waals surface area contributed by atoms with Gasteiger partial charge >= 0.3 is 5.97 Å². The average molecular weight is 438 g/mol. The molecule has 0 amide bonds. The molecule has 4 nitrogen and oxygen atoms in total. The van der Waals surface area contributed by atoms with Gasteiger partial charge in [0.1, 0.15) is 0 Å². The van der Waals surface area contributed by atoms with Crippen LogP contribution in [0.5, 0.6) is 0 Å². The van der Waals surface area contributed by atoms with Crippen LogP contribution in [0.15, 0.2) is 53.0 Å². The van der Waals surface area contributed by atoms with Crippen LogP contribution in [0.1, 0.15) is 51.2 Å². The molecule has 0 saturated heterocycles. The van der Waals surface area contributed by atoms with Gasteiger partial charge in [0.2, 0.25) is 0 Å². The third kappa shape index (κ3) is 3.85. The molecule has 0 saturated carbocycles. The molecule has 1 aromatic heterocycles. The van der Waals surface area contributed by atoms with Crippen molar-refractivity contribution in [2.75, 3.05) is 6.61 Å². The number of halogens is 1. The molecule has 142 valence electrons. The fraction of sp³-hybridized carbons (Fsp3) is 0.261. The van der Waals surface area contributed by atoms with Crippen molar-refractivity contribution in [1.82, 2.24) is 4.98 Å². The van der Waals surface area contributed by atoms with E-state index < -0.39 is 5.97 Å². The number of para-hydroxylation sites is 1. The van der Waals surface area contributed by atoms with Gasteiger partial charge in [-0.2, -0.15) is 0 Å². The molecular weight excluding hydrogens is 418 g/mol. The highest BCUT2D eigenvalue weighted by molar-refractivity contribution is 9.10. The SMILES string of the molecule is O=C(COC(=O)c1c2c(nc3ccccc13)CCCCC2)c1cccc(Br)c1. The first-order valence-electron chi connectivity index (χ1n) is 9.50. The smallest absolute Gasteiger partial charge is 0.339 e. The predicted octanol–water partition coefficient (Wildman–Crippen LogP) is 5.31. The maximum absolute atomic E-state index is 13.0. The fourth-order valence-electron chi connectivity index (χ4n) is 3.73. The second-order valence-corrected chi connectivity index (χ2v) is 7.92. The van der Waals surface area contributed by atoms with Gasteiger partial charge in [0, 0.05) is 21.1 Å². The predicted molar refractivity (Wildman–Crippen MR) is 112 cm³/mol. The zero-order valence-corrected chi connectivity index (χ0v) is 17.0. The van der Waals surface area contributed by atoms with Crippen LogP contribution >= 0.6 is 15.9 Å². The summed E-state index contributed by atoms with van der Waals surface area (Å²) in [5.41, 5.74) is 3.86. The van der Waals surface area contributed by atoms with Crippen LogP contribution in [0.25, 0.3) is 10.9 Å². The summed E-state index contributed by atoms with van der Waals surface area (Å²) in [5, 5.41) is 0.794. The number of fused-ring (bicyclic) bond motifs is 2. The molecule has 0 atom stereocenters. The third-order valence-corrected chi connectivity index (χ3v) is 5.60. The zero-order valence-electron chi connectivity index (χ0n) is 15.4. The van der Waals surface area contributed by atoms with Crippen LogP contribution in [0, 0.1) is 0 Å². The number of carbonyl (C=O) groups is 2. The van der Waals surface area contributed by atoms with Crippen molar-refractivity contribution in [2.45, 2.75) is 32.1 Å². The minimum absolute atomic E-state index is 0.223. The van der Waals surface area contributed by atoms with E-state index in [1.165, 1.54) is 0 Å². The lowest BCUT2D eigenvalue weighted by molar-refractivity contribution is 0.0475. The number of aryl methyl sites for hydroxylation is 1. The Kier molecular flexibility index (Phi) is 5.53. The van der Waals surface area contributed by atoms with E-state index in [1.807, 2.05) is 30.3 Å². The number of esters is 1. The Balaban J connectivity index is 1.65. The molecule has 0 radical (unpaired) electrons. The van der Waals surface area contributed by atoms with E-state index in [-0.39, 0.29) is 12.4 Å². The van der Waals surface area contributed by atoms with Gasteiger partial charge in [-0.05, 0) is 49.4 Å². The molecule has 0 aliphatic heterocycles. The number of hydrogen-bond donors (Lipinski definition) is 0. The molecule has 1 heterocycles. The fourth-order valence-corrected chi connectivity index (χ4v) is 4.13. The van der Waals surface area contributed by atoms with Crippen molar-refractivity contribution in [2.24, 2.45) is 0 Å². The van der Waals surface area contributed by atoms with Crippen molar-refractivity contribution in [3.05, 3.63) is 75.4 Å². The second-order valence-electron chi connectivity index (χ2n) is 7.00. The summed E-state index contributed by atoms with van der Waals surface area (Å²) in [5.74, 6) is -0.667. The summed E-state index contributed by atoms with van der Waals surface area (Å²) in [7, 11) is 0. The first-order chi connectivity index (χ1) is 13.6. The Bertz CT molecular complexity index is 1060. The molecular formula is C23H20BrNO3. The number of aromatic nitrogens is 1. The number of carbonyl (C=O) groups excluding carboxylic acids is 2. The lowest BCUT2D eigenvalue weighted by atomic mass is 9.97. The van der Waals surface area contributed by atoms with E-state index in [2.05, 4.69) is 15.9 Å². The molecule has 0 spiro atoms. The quantitative estimate of drug-likeness (QED) is 0.315. The van der Waals surface area contributed by atoms with Crippen LogP contribution < -0.4 is 0 Å². The van der Waals surface area contributed by atoms with E-state index in [0.29, 0.717) is 11.1 Å². The van der Waals surface area contributed by atoms with Gasteiger partial charge in [0.15, 0.2) is 12.4 Å². The number of benzene rings is 2. The second kappa shape index (κ2) is 8.23. The molecule has 4 rings (SSSR count). The Hall–Kier alpha value is -2.53. The van der Waals surface area contributed by atoms with E-state index in [1.54, 1.807) is 18.2 Å². The number of Topliss-reactive ketones (excluding diaryl/α,β-unsaturated/α-hetero) is 1. The highest BCUT2D eigenvalue weighted by Crippen LogP contribution is 2.29. The van der Waals surface area contributed by atoms with Crippen molar-refractivity contribution in [3.63, 3.8) is 0 Å². The molecule has 0 N–H and O–H groups in total. The highest BCUT2D eigenvalue weighted by Gasteiger charge is 2.23. The Labute approximate surface area is 172 Å². The summed E-state index contributed by atoms with van der Waals surface area (Å²) in [6.45, 7) is -0.277. The van der Waals surface area contributed by atoms with Crippen LogP contribution in [0.4, 0.5) is 0 Å². The summed E-state index contributed by atoms with van der Waals surface area (Å²) in [6.07, 6.45) is 4.93. The maximum Gasteiger partial charge on any atom is 0.339 e. The molecule has 0 bridgehead atoms. The minimum Gasteiger partial charge on any atom is -0.454 e. The number of hydrogen-bond acceptors (Lipinski definition) is 4.